The summed E-state index contributed by atoms with van der Waals surface area (Å²) in [5.41, 5.74) is -1.40. The number of hydrogen-bond acceptors (Lipinski definition) is 10. The van der Waals surface area contributed by atoms with Crippen molar-refractivity contribution in [2.24, 2.45) is 0 Å². The Bertz CT molecular complexity index is 876. The van der Waals surface area contributed by atoms with Crippen molar-refractivity contribution < 1.29 is 46.9 Å². The number of rotatable bonds is 6. The number of aryl methyl sites for hydroxylation is 1. The number of benzene rings is 1. The van der Waals surface area contributed by atoms with Gasteiger partial charge in [-0.25, -0.2) is 8.42 Å². The maximum atomic E-state index is 12.8. The molecule has 29 heavy (non-hydrogen) atoms. The number of carbonyl (C=O) groups is 3. The fourth-order valence-electron chi connectivity index (χ4n) is 2.82. The number of aliphatic hydroxyl groups is 1. The Hall–Kier alpha value is -2.50. The van der Waals surface area contributed by atoms with Gasteiger partial charge in [0.25, 0.3) is 0 Å². The maximum Gasteiger partial charge on any atom is 0.305 e. The predicted molar refractivity (Wildman–Crippen MR) is 95.9 cm³/mol. The second-order valence-electron chi connectivity index (χ2n) is 6.48. The number of ether oxygens (including phenoxy) is 4. The molecule has 1 N–H and O–H groups in total. The molecule has 2 unspecified atom stereocenters. The highest BCUT2D eigenvalue weighted by molar-refractivity contribution is 7.92. The van der Waals surface area contributed by atoms with E-state index in [1.54, 1.807) is 19.1 Å². The highest BCUT2D eigenvalue weighted by Gasteiger charge is 2.56. The van der Waals surface area contributed by atoms with E-state index in [1.807, 2.05) is 0 Å². The van der Waals surface area contributed by atoms with Crippen LogP contribution in [0.1, 0.15) is 26.3 Å². The molecule has 160 valence electrons. The Kier molecular flexibility index (Phi) is 6.98. The Morgan fingerprint density at radius 1 is 0.931 bits per heavy atom. The minimum absolute atomic E-state index is 0.194. The van der Waals surface area contributed by atoms with Gasteiger partial charge in [-0.3, -0.25) is 14.4 Å². The van der Waals surface area contributed by atoms with E-state index in [9.17, 15) is 27.9 Å². The predicted octanol–water partition coefficient (Wildman–Crippen LogP) is 0.239. The summed E-state index contributed by atoms with van der Waals surface area (Å²) in [5.74, 6) is -2.47. The van der Waals surface area contributed by atoms with Crippen LogP contribution in [-0.2, 0) is 43.2 Å². The summed E-state index contributed by atoms with van der Waals surface area (Å²) < 4.78 is 46.0. The summed E-state index contributed by atoms with van der Waals surface area (Å²) in [6.45, 7) is 4.92. The smallest absolute Gasteiger partial charge is 0.305 e. The molecule has 1 saturated heterocycles. The van der Waals surface area contributed by atoms with Crippen molar-refractivity contribution in [1.82, 2.24) is 0 Å². The molecule has 0 aromatic heterocycles. The topological polar surface area (TPSA) is 143 Å². The Labute approximate surface area is 167 Å². The third-order valence-electron chi connectivity index (χ3n) is 4.04. The summed E-state index contributed by atoms with van der Waals surface area (Å²) in [4.78, 5) is 34.1. The van der Waals surface area contributed by atoms with Gasteiger partial charge in [0, 0.05) is 20.8 Å². The van der Waals surface area contributed by atoms with Gasteiger partial charge in [0.1, 0.15) is 6.10 Å². The molecule has 0 spiro atoms. The molecule has 2 rings (SSSR count). The van der Waals surface area contributed by atoms with E-state index in [-0.39, 0.29) is 4.90 Å². The second-order valence-corrected chi connectivity index (χ2v) is 8.52. The van der Waals surface area contributed by atoms with Crippen molar-refractivity contribution in [2.45, 2.75) is 62.6 Å². The Balaban J connectivity index is 2.43. The summed E-state index contributed by atoms with van der Waals surface area (Å²) >= 11 is 0. The first-order chi connectivity index (χ1) is 13.4. The number of carbonyl (C=O) groups excluding carboxylic acids is 3. The van der Waals surface area contributed by atoms with Crippen LogP contribution in [0.2, 0.25) is 0 Å². The molecule has 0 bridgehead atoms. The number of sulfone groups is 1. The number of aliphatic hydroxyl groups excluding tert-OH is 1. The highest BCUT2D eigenvalue weighted by atomic mass is 32.2. The quantitative estimate of drug-likeness (QED) is 0.492. The lowest BCUT2D eigenvalue weighted by Gasteiger charge is -2.25. The van der Waals surface area contributed by atoms with Gasteiger partial charge in [0.2, 0.25) is 22.2 Å². The summed E-state index contributed by atoms with van der Waals surface area (Å²) in [6, 6.07) is 5.69. The molecular weight excluding hydrogens is 408 g/mol. The van der Waals surface area contributed by atoms with Gasteiger partial charge < -0.3 is 24.1 Å². The molecule has 1 aliphatic heterocycles. The van der Waals surface area contributed by atoms with E-state index >= 15 is 0 Å². The molecule has 10 nitrogen and oxygen atoms in total. The second kappa shape index (κ2) is 8.89. The molecule has 1 aromatic rings. The molecule has 0 aliphatic carbocycles. The van der Waals surface area contributed by atoms with Gasteiger partial charge in [-0.05, 0) is 19.1 Å². The van der Waals surface area contributed by atoms with Crippen LogP contribution in [0.15, 0.2) is 29.2 Å². The largest absolute Gasteiger partial charge is 0.455 e. The zero-order chi connectivity index (χ0) is 21.9. The molecular formula is C18H22O10S. The van der Waals surface area contributed by atoms with Crippen LogP contribution < -0.4 is 0 Å². The fraction of sp³-hybridized carbons (Fsp3) is 0.500. The third kappa shape index (κ3) is 5.31. The molecule has 1 heterocycles. The number of esters is 3. The van der Waals surface area contributed by atoms with Crippen LogP contribution >= 0.6 is 0 Å². The van der Waals surface area contributed by atoms with Crippen LogP contribution in [-0.4, -0.2) is 61.5 Å². The SMILES string of the molecule is CC(=O)OC1O[C@H](C(O)S(=O)(=O)c2ccc(C)cc2)[C@@H](OC(C)=O)[C@H]1OC(C)=O. The molecule has 0 saturated carbocycles. The zero-order valence-electron chi connectivity index (χ0n) is 16.2. The minimum atomic E-state index is -4.35. The van der Waals surface area contributed by atoms with Gasteiger partial charge in [-0.1, -0.05) is 17.7 Å². The van der Waals surface area contributed by atoms with Crippen molar-refractivity contribution in [3.8, 4) is 0 Å². The third-order valence-corrected chi connectivity index (χ3v) is 5.88. The van der Waals surface area contributed by atoms with Gasteiger partial charge in [-0.15, -0.1) is 0 Å². The van der Waals surface area contributed by atoms with E-state index in [0.29, 0.717) is 0 Å². The van der Waals surface area contributed by atoms with Crippen LogP contribution in [0.4, 0.5) is 0 Å². The monoisotopic (exact) mass is 430 g/mol. The average molecular weight is 430 g/mol. The summed E-state index contributed by atoms with van der Waals surface area (Å²) in [5, 5.41) is 10.6. The van der Waals surface area contributed by atoms with Gasteiger partial charge in [0.15, 0.2) is 11.5 Å². The minimum Gasteiger partial charge on any atom is -0.455 e. The van der Waals surface area contributed by atoms with Crippen molar-refractivity contribution >= 4 is 27.7 Å². The van der Waals surface area contributed by atoms with Crippen LogP contribution in [0.5, 0.6) is 0 Å². The standard InChI is InChI=1S/C18H22O10S/c1-9-5-7-13(8-6-9)29(23,24)17(22)15-14(25-10(2)19)16(26-11(3)20)18(28-15)27-12(4)21/h5-8,14-18,22H,1-4H3/t14-,15+,16-,17?,18?/m1/s1. The molecule has 1 aliphatic rings. The molecule has 0 radical (unpaired) electrons. The lowest BCUT2D eigenvalue weighted by atomic mass is 10.1. The Morgan fingerprint density at radius 2 is 1.41 bits per heavy atom. The first-order valence-electron chi connectivity index (χ1n) is 8.59. The first kappa shape index (κ1) is 22.8. The fourth-order valence-corrected chi connectivity index (χ4v) is 4.19. The summed E-state index contributed by atoms with van der Waals surface area (Å²) in [7, 11) is -4.35. The lowest BCUT2D eigenvalue weighted by Crippen LogP contribution is -2.46. The molecule has 11 heteroatoms. The normalized spacial score (nSPS) is 25.1. The first-order valence-corrected chi connectivity index (χ1v) is 10.1. The Morgan fingerprint density at radius 3 is 1.90 bits per heavy atom. The van der Waals surface area contributed by atoms with E-state index in [4.69, 9.17) is 18.9 Å². The van der Waals surface area contributed by atoms with Crippen molar-refractivity contribution in [2.75, 3.05) is 0 Å². The molecule has 0 amide bonds. The van der Waals surface area contributed by atoms with Crippen molar-refractivity contribution in [3.63, 3.8) is 0 Å². The maximum absolute atomic E-state index is 12.8. The van der Waals surface area contributed by atoms with Crippen molar-refractivity contribution in [1.29, 1.82) is 0 Å². The molecule has 5 atom stereocenters. The van der Waals surface area contributed by atoms with E-state index in [2.05, 4.69) is 0 Å². The highest BCUT2D eigenvalue weighted by Crippen LogP contribution is 2.33. The van der Waals surface area contributed by atoms with Gasteiger partial charge in [0.05, 0.1) is 4.90 Å². The van der Waals surface area contributed by atoms with E-state index in [1.165, 1.54) is 12.1 Å². The van der Waals surface area contributed by atoms with Crippen LogP contribution in [0.3, 0.4) is 0 Å². The van der Waals surface area contributed by atoms with Gasteiger partial charge >= 0.3 is 17.9 Å². The van der Waals surface area contributed by atoms with Crippen molar-refractivity contribution in [3.05, 3.63) is 29.8 Å². The summed E-state index contributed by atoms with van der Waals surface area (Å²) in [6.07, 6.45) is -6.25. The van der Waals surface area contributed by atoms with Gasteiger partial charge in [-0.2, -0.15) is 0 Å². The van der Waals surface area contributed by atoms with E-state index < -0.39 is 57.8 Å². The van der Waals surface area contributed by atoms with Crippen LogP contribution in [0.25, 0.3) is 0 Å². The van der Waals surface area contributed by atoms with E-state index in [0.717, 1.165) is 26.3 Å². The zero-order valence-corrected chi connectivity index (χ0v) is 17.0. The molecule has 1 fully saturated rings. The number of hydrogen-bond donors (Lipinski definition) is 1. The molecule has 1 aromatic carbocycles. The van der Waals surface area contributed by atoms with Crippen LogP contribution in [0, 0.1) is 6.92 Å². The lowest BCUT2D eigenvalue weighted by molar-refractivity contribution is -0.197. The average Bonchev–Trinajstić information content (AvgIpc) is 2.90.